The minimum atomic E-state index is -0.297. The van der Waals surface area contributed by atoms with Crippen LogP contribution in [0.15, 0.2) is 16.5 Å². The first kappa shape index (κ1) is 14.9. The van der Waals surface area contributed by atoms with E-state index >= 15 is 0 Å². The van der Waals surface area contributed by atoms with E-state index in [9.17, 15) is 4.79 Å². The van der Waals surface area contributed by atoms with Gasteiger partial charge in [-0.2, -0.15) is 0 Å². The van der Waals surface area contributed by atoms with E-state index in [1.54, 1.807) is 12.0 Å². The molecular weight excluding hydrogens is 260 g/mol. The van der Waals surface area contributed by atoms with Gasteiger partial charge < -0.3 is 24.5 Å². The van der Waals surface area contributed by atoms with Gasteiger partial charge in [-0.1, -0.05) is 0 Å². The molecule has 0 bridgehead atoms. The van der Waals surface area contributed by atoms with Crippen LogP contribution in [0.5, 0.6) is 0 Å². The summed E-state index contributed by atoms with van der Waals surface area (Å²) in [4.78, 5) is 13.9. The van der Waals surface area contributed by atoms with Gasteiger partial charge in [-0.3, -0.25) is 0 Å². The first-order valence-corrected chi connectivity index (χ1v) is 6.85. The molecule has 2 heterocycles. The number of hydrogen-bond donors (Lipinski definition) is 2. The molecule has 2 amide bonds. The molecule has 2 N–H and O–H groups in total. The van der Waals surface area contributed by atoms with Crippen LogP contribution in [0.25, 0.3) is 0 Å². The number of nitrogens with zero attached hydrogens (tertiary/aromatic N) is 1. The van der Waals surface area contributed by atoms with Gasteiger partial charge in [-0.15, -0.1) is 0 Å². The third-order valence-electron chi connectivity index (χ3n) is 3.57. The quantitative estimate of drug-likeness (QED) is 0.853. The fraction of sp³-hybridized carbons (Fsp3) is 0.643. The fourth-order valence-electron chi connectivity index (χ4n) is 2.41. The van der Waals surface area contributed by atoms with Crippen LogP contribution in [0.2, 0.25) is 0 Å². The number of methoxy groups -OCH3 is 1. The molecular formula is C14H22N2O4. The second-order valence-corrected chi connectivity index (χ2v) is 5.19. The summed E-state index contributed by atoms with van der Waals surface area (Å²) in [5, 5.41) is 12.0. The van der Waals surface area contributed by atoms with Gasteiger partial charge in [-0.25, -0.2) is 4.79 Å². The lowest BCUT2D eigenvalue weighted by molar-refractivity contribution is 0.148. The van der Waals surface area contributed by atoms with Gasteiger partial charge in [0.25, 0.3) is 0 Å². The molecule has 0 aliphatic carbocycles. The Morgan fingerprint density at radius 1 is 1.65 bits per heavy atom. The fourth-order valence-corrected chi connectivity index (χ4v) is 2.41. The highest BCUT2D eigenvalue weighted by Crippen LogP contribution is 2.19. The molecule has 1 aliphatic heterocycles. The van der Waals surface area contributed by atoms with Crippen molar-refractivity contribution in [3.63, 3.8) is 0 Å². The number of hydrogen-bond acceptors (Lipinski definition) is 4. The van der Waals surface area contributed by atoms with Crippen molar-refractivity contribution in [2.45, 2.75) is 19.4 Å². The maximum Gasteiger partial charge on any atom is 0.318 e. The number of aliphatic hydroxyl groups excluding tert-OH is 1. The summed E-state index contributed by atoms with van der Waals surface area (Å²) in [5.74, 6) is 1.68. The SMILES string of the molecule is COCC(NC(=O)N1CCC(CO)C1)c1ccc(C)o1. The van der Waals surface area contributed by atoms with E-state index in [1.165, 1.54) is 0 Å². The number of likely N-dealkylation sites (tertiary alicyclic amines) is 1. The normalized spacial score (nSPS) is 20.1. The number of urea groups is 1. The Bertz CT molecular complexity index is 446. The Morgan fingerprint density at radius 3 is 3.00 bits per heavy atom. The maximum atomic E-state index is 12.2. The number of carbonyl (C=O) groups is 1. The largest absolute Gasteiger partial charge is 0.464 e. The molecule has 1 fully saturated rings. The van der Waals surface area contributed by atoms with Crippen molar-refractivity contribution >= 4 is 6.03 Å². The lowest BCUT2D eigenvalue weighted by Gasteiger charge is -2.21. The Hall–Kier alpha value is -1.53. The third kappa shape index (κ3) is 3.52. The van der Waals surface area contributed by atoms with Crippen LogP contribution in [0.4, 0.5) is 4.79 Å². The van der Waals surface area contributed by atoms with E-state index in [-0.39, 0.29) is 24.6 Å². The topological polar surface area (TPSA) is 74.9 Å². The molecule has 6 heteroatoms. The Labute approximate surface area is 118 Å². The van der Waals surface area contributed by atoms with Crippen LogP contribution in [-0.4, -0.2) is 49.5 Å². The Balaban J connectivity index is 1.96. The summed E-state index contributed by atoms with van der Waals surface area (Å²) in [6.07, 6.45) is 0.846. The van der Waals surface area contributed by atoms with Gasteiger partial charge in [0.15, 0.2) is 0 Å². The minimum absolute atomic E-state index is 0.128. The van der Waals surface area contributed by atoms with Gasteiger partial charge in [0, 0.05) is 32.7 Å². The summed E-state index contributed by atoms with van der Waals surface area (Å²) in [5.41, 5.74) is 0. The maximum absolute atomic E-state index is 12.2. The molecule has 2 atom stereocenters. The number of ether oxygens (including phenoxy) is 1. The molecule has 0 saturated carbocycles. The molecule has 6 nitrogen and oxygen atoms in total. The molecule has 112 valence electrons. The van der Waals surface area contributed by atoms with E-state index < -0.39 is 0 Å². The molecule has 0 spiro atoms. The molecule has 1 aromatic rings. The van der Waals surface area contributed by atoms with Crippen molar-refractivity contribution in [1.29, 1.82) is 0 Å². The van der Waals surface area contributed by atoms with E-state index in [2.05, 4.69) is 5.32 Å². The molecule has 20 heavy (non-hydrogen) atoms. The van der Waals surface area contributed by atoms with Crippen molar-refractivity contribution in [3.8, 4) is 0 Å². The number of rotatable bonds is 5. The summed E-state index contributed by atoms with van der Waals surface area (Å²) in [7, 11) is 1.59. The van der Waals surface area contributed by atoms with Gasteiger partial charge in [0.05, 0.1) is 6.61 Å². The second kappa shape index (κ2) is 6.76. The highest BCUT2D eigenvalue weighted by Gasteiger charge is 2.28. The second-order valence-electron chi connectivity index (χ2n) is 5.19. The molecule has 2 rings (SSSR count). The highest BCUT2D eigenvalue weighted by atomic mass is 16.5. The van der Waals surface area contributed by atoms with Crippen LogP contribution in [0.3, 0.4) is 0 Å². The lowest BCUT2D eigenvalue weighted by atomic mass is 10.1. The van der Waals surface area contributed by atoms with E-state index in [0.29, 0.717) is 25.5 Å². The lowest BCUT2D eigenvalue weighted by Crippen LogP contribution is -2.41. The summed E-state index contributed by atoms with van der Waals surface area (Å²) in [6, 6.07) is 3.27. The molecule has 1 saturated heterocycles. The zero-order valence-corrected chi connectivity index (χ0v) is 12.0. The van der Waals surface area contributed by atoms with Crippen LogP contribution in [0.1, 0.15) is 24.0 Å². The van der Waals surface area contributed by atoms with E-state index in [0.717, 1.165) is 12.2 Å². The highest BCUT2D eigenvalue weighted by molar-refractivity contribution is 5.75. The molecule has 2 unspecified atom stereocenters. The number of furan rings is 1. The van der Waals surface area contributed by atoms with E-state index in [4.69, 9.17) is 14.3 Å². The summed E-state index contributed by atoms with van der Waals surface area (Å²) < 4.78 is 10.7. The Kier molecular flexibility index (Phi) is 5.03. The van der Waals surface area contributed by atoms with Crippen molar-refractivity contribution in [2.75, 3.05) is 33.4 Å². The van der Waals surface area contributed by atoms with Crippen molar-refractivity contribution in [1.82, 2.24) is 10.2 Å². The van der Waals surface area contributed by atoms with Crippen molar-refractivity contribution < 1.29 is 19.1 Å². The first-order chi connectivity index (χ1) is 9.63. The number of carbonyl (C=O) groups excluding carboxylic acids is 1. The van der Waals surface area contributed by atoms with E-state index in [1.807, 2.05) is 19.1 Å². The van der Waals surface area contributed by atoms with Crippen LogP contribution in [-0.2, 0) is 4.74 Å². The zero-order chi connectivity index (χ0) is 14.5. The molecule has 1 aromatic heterocycles. The summed E-state index contributed by atoms with van der Waals surface area (Å²) in [6.45, 7) is 3.62. The average Bonchev–Trinajstić information content (AvgIpc) is 3.06. The number of nitrogens with one attached hydrogen (secondary N) is 1. The predicted octanol–water partition coefficient (Wildman–Crippen LogP) is 1.30. The standard InChI is InChI=1S/C14H22N2O4/c1-10-3-4-13(20-10)12(9-19-2)15-14(18)16-6-5-11(7-16)8-17/h3-4,11-12,17H,5-9H2,1-2H3,(H,15,18). The molecule has 0 aromatic carbocycles. The summed E-state index contributed by atoms with van der Waals surface area (Å²) >= 11 is 0. The van der Waals surface area contributed by atoms with Gasteiger partial charge in [-0.05, 0) is 25.5 Å². The van der Waals surface area contributed by atoms with Crippen LogP contribution < -0.4 is 5.32 Å². The average molecular weight is 282 g/mol. The smallest absolute Gasteiger partial charge is 0.318 e. The minimum Gasteiger partial charge on any atom is -0.464 e. The monoisotopic (exact) mass is 282 g/mol. The van der Waals surface area contributed by atoms with Crippen molar-refractivity contribution in [3.05, 3.63) is 23.7 Å². The number of amides is 2. The number of aliphatic hydroxyl groups is 1. The van der Waals surface area contributed by atoms with Gasteiger partial charge in [0.1, 0.15) is 17.6 Å². The first-order valence-electron chi connectivity index (χ1n) is 6.85. The molecule has 1 aliphatic rings. The molecule has 0 radical (unpaired) electrons. The van der Waals surface area contributed by atoms with Crippen LogP contribution >= 0.6 is 0 Å². The Morgan fingerprint density at radius 2 is 2.45 bits per heavy atom. The number of aryl methyl sites for hydroxylation is 1. The van der Waals surface area contributed by atoms with Crippen molar-refractivity contribution in [2.24, 2.45) is 5.92 Å². The van der Waals surface area contributed by atoms with Gasteiger partial charge in [0.2, 0.25) is 0 Å². The third-order valence-corrected chi connectivity index (χ3v) is 3.57. The van der Waals surface area contributed by atoms with Crippen LogP contribution in [0, 0.1) is 12.8 Å². The van der Waals surface area contributed by atoms with Gasteiger partial charge >= 0.3 is 6.03 Å². The zero-order valence-electron chi connectivity index (χ0n) is 12.0. The predicted molar refractivity (Wildman–Crippen MR) is 73.4 cm³/mol.